The van der Waals surface area contributed by atoms with Gasteiger partial charge in [0, 0.05) is 43.5 Å². The summed E-state index contributed by atoms with van der Waals surface area (Å²) in [6.45, 7) is 4.71. The molecule has 0 radical (unpaired) electrons. The molecule has 5 rings (SSSR count). The first-order valence-electron chi connectivity index (χ1n) is 10.0. The van der Waals surface area contributed by atoms with Crippen LogP contribution in [-0.2, 0) is 13.0 Å². The number of aromatic nitrogens is 3. The Hall–Kier alpha value is -3.24. The number of hydrogen-bond acceptors (Lipinski definition) is 6. The van der Waals surface area contributed by atoms with E-state index in [1.165, 1.54) is 0 Å². The number of pyridine rings is 3. The van der Waals surface area contributed by atoms with Crippen molar-refractivity contribution in [2.24, 2.45) is 0 Å². The first kappa shape index (κ1) is 17.8. The summed E-state index contributed by atoms with van der Waals surface area (Å²) in [5.41, 5.74) is 5.06. The van der Waals surface area contributed by atoms with Gasteiger partial charge in [-0.05, 0) is 42.7 Å². The molecule has 1 saturated carbocycles. The fourth-order valence-electron chi connectivity index (χ4n) is 4.35. The Morgan fingerprint density at radius 2 is 2.10 bits per heavy atom. The average molecular weight is 386 g/mol. The van der Waals surface area contributed by atoms with Crippen molar-refractivity contribution in [2.45, 2.75) is 38.4 Å². The van der Waals surface area contributed by atoms with Gasteiger partial charge in [-0.2, -0.15) is 5.26 Å². The summed E-state index contributed by atoms with van der Waals surface area (Å²) in [6, 6.07) is 10.8. The lowest BCUT2D eigenvalue weighted by atomic mass is 10.1. The molecule has 7 heteroatoms. The van der Waals surface area contributed by atoms with Crippen molar-refractivity contribution in [2.75, 3.05) is 18.0 Å². The Bertz CT molecular complexity index is 1160. The molecule has 0 aromatic carbocycles. The minimum absolute atomic E-state index is 0.0224. The van der Waals surface area contributed by atoms with Crippen LogP contribution in [0.5, 0.6) is 0 Å². The molecule has 0 amide bonds. The van der Waals surface area contributed by atoms with E-state index < -0.39 is 0 Å². The Morgan fingerprint density at radius 3 is 2.86 bits per heavy atom. The number of rotatable bonds is 4. The zero-order chi connectivity index (χ0) is 20.0. The maximum atomic E-state index is 12.1. The van der Waals surface area contributed by atoms with Gasteiger partial charge in [0.05, 0.1) is 22.9 Å². The van der Waals surface area contributed by atoms with E-state index in [0.29, 0.717) is 24.2 Å². The molecule has 29 heavy (non-hydrogen) atoms. The van der Waals surface area contributed by atoms with Crippen LogP contribution >= 0.6 is 0 Å². The zero-order valence-electron chi connectivity index (χ0n) is 16.3. The highest BCUT2D eigenvalue weighted by Crippen LogP contribution is 2.39. The Labute approximate surface area is 168 Å². The Kier molecular flexibility index (Phi) is 4.29. The lowest BCUT2D eigenvalue weighted by Crippen LogP contribution is -2.46. The minimum Gasteiger partial charge on any atom is -0.364 e. The van der Waals surface area contributed by atoms with E-state index in [9.17, 15) is 4.79 Å². The number of fused-ring (bicyclic) bond motifs is 2. The van der Waals surface area contributed by atoms with Gasteiger partial charge in [0.15, 0.2) is 0 Å². The molecule has 3 aromatic rings. The van der Waals surface area contributed by atoms with Gasteiger partial charge >= 0.3 is 0 Å². The van der Waals surface area contributed by atoms with E-state index in [4.69, 9.17) is 5.26 Å². The normalized spacial score (nSPS) is 21.0. The topological polar surface area (TPSA) is 88.9 Å². The van der Waals surface area contributed by atoms with Gasteiger partial charge in [-0.25, -0.2) is 4.98 Å². The predicted octanol–water partition coefficient (Wildman–Crippen LogP) is 2.22. The van der Waals surface area contributed by atoms with Gasteiger partial charge in [-0.1, -0.05) is 6.92 Å². The first-order chi connectivity index (χ1) is 14.2. The quantitative estimate of drug-likeness (QED) is 0.740. The van der Waals surface area contributed by atoms with Crippen LogP contribution in [0.15, 0.2) is 41.5 Å². The van der Waals surface area contributed by atoms with E-state index >= 15 is 0 Å². The highest BCUT2D eigenvalue weighted by Gasteiger charge is 2.48. The van der Waals surface area contributed by atoms with E-state index in [-0.39, 0.29) is 5.56 Å². The molecule has 1 aliphatic heterocycles. The zero-order valence-corrected chi connectivity index (χ0v) is 16.3. The van der Waals surface area contributed by atoms with Crippen LogP contribution in [0.4, 0.5) is 5.69 Å². The second kappa shape index (κ2) is 6.98. The number of H-pyrrole nitrogens is 1. The third kappa shape index (κ3) is 3.26. The molecular weight excluding hydrogens is 364 g/mol. The number of aromatic amines is 1. The van der Waals surface area contributed by atoms with Crippen LogP contribution in [0, 0.1) is 11.3 Å². The number of nitrogens with one attached hydrogen (secondary N) is 1. The van der Waals surface area contributed by atoms with Crippen molar-refractivity contribution in [3.63, 3.8) is 0 Å². The molecule has 4 heterocycles. The number of hydrogen-bond donors (Lipinski definition) is 1. The molecule has 146 valence electrons. The molecule has 1 N–H and O–H groups in total. The monoisotopic (exact) mass is 386 g/mol. The molecule has 0 spiro atoms. The van der Waals surface area contributed by atoms with E-state index in [0.717, 1.165) is 53.9 Å². The molecule has 3 aromatic heterocycles. The summed E-state index contributed by atoms with van der Waals surface area (Å²) in [7, 11) is 0. The Balaban J connectivity index is 1.30. The van der Waals surface area contributed by atoms with Crippen LogP contribution in [0.25, 0.3) is 11.0 Å². The predicted molar refractivity (Wildman–Crippen MR) is 111 cm³/mol. The van der Waals surface area contributed by atoms with Crippen molar-refractivity contribution in [3.8, 4) is 6.07 Å². The van der Waals surface area contributed by atoms with Crippen LogP contribution in [-0.4, -0.2) is 45.0 Å². The number of nitrogens with zero attached hydrogens (tertiary/aromatic N) is 5. The second-order valence-electron chi connectivity index (χ2n) is 7.80. The van der Waals surface area contributed by atoms with Crippen molar-refractivity contribution >= 4 is 16.7 Å². The number of aryl methyl sites for hydroxylation is 1. The summed E-state index contributed by atoms with van der Waals surface area (Å²) in [6.07, 6.45) is 5.57. The van der Waals surface area contributed by atoms with Gasteiger partial charge in [0.25, 0.3) is 5.56 Å². The molecule has 0 unspecified atom stereocenters. The largest absolute Gasteiger partial charge is 0.364 e. The van der Waals surface area contributed by atoms with Gasteiger partial charge in [-0.3, -0.25) is 14.7 Å². The molecule has 2 atom stereocenters. The lowest BCUT2D eigenvalue weighted by Gasteiger charge is -2.35. The maximum Gasteiger partial charge on any atom is 0.251 e. The molecule has 1 saturated heterocycles. The van der Waals surface area contributed by atoms with Crippen molar-refractivity contribution in [1.82, 2.24) is 19.9 Å². The summed E-state index contributed by atoms with van der Waals surface area (Å²) in [5.74, 6) is 0. The summed E-state index contributed by atoms with van der Waals surface area (Å²) < 4.78 is 0. The molecular formula is C22H22N6O. The van der Waals surface area contributed by atoms with Crippen molar-refractivity contribution in [1.29, 1.82) is 5.26 Å². The van der Waals surface area contributed by atoms with Gasteiger partial charge < -0.3 is 9.88 Å². The lowest BCUT2D eigenvalue weighted by molar-refractivity contribution is 0.234. The Morgan fingerprint density at radius 1 is 1.21 bits per heavy atom. The second-order valence-corrected chi connectivity index (χ2v) is 7.80. The van der Waals surface area contributed by atoms with Crippen LogP contribution in [0.3, 0.4) is 0 Å². The van der Waals surface area contributed by atoms with E-state index in [1.807, 2.05) is 25.3 Å². The van der Waals surface area contributed by atoms with Crippen LogP contribution < -0.4 is 10.5 Å². The SMILES string of the molecule is CCc1cc2ncc(CN3CCN(c4ccc(C#N)nc4)[C@H]4C[C@H]43)cc2[nH]c1=O. The van der Waals surface area contributed by atoms with Gasteiger partial charge in [-0.15, -0.1) is 0 Å². The van der Waals surface area contributed by atoms with E-state index in [2.05, 4.69) is 36.9 Å². The van der Waals surface area contributed by atoms with Crippen molar-refractivity contribution < 1.29 is 0 Å². The smallest absolute Gasteiger partial charge is 0.251 e. The molecule has 1 aliphatic carbocycles. The summed E-state index contributed by atoms with van der Waals surface area (Å²) in [5, 5.41) is 8.92. The third-order valence-electron chi connectivity index (χ3n) is 6.01. The number of anilines is 1. The van der Waals surface area contributed by atoms with Crippen LogP contribution in [0.2, 0.25) is 0 Å². The standard InChI is InChI=1S/C22H22N6O/c1-2-15-8-18-19(26-22(15)29)7-14(11-25-18)13-27-5-6-28(21-9-20(21)27)17-4-3-16(10-23)24-12-17/h3-4,7-8,11-12,20-21H,2,5-6,9,13H2,1H3,(H,26,29)/t20-,21+/m1/s1. The van der Waals surface area contributed by atoms with E-state index in [1.54, 1.807) is 12.3 Å². The molecule has 2 fully saturated rings. The molecule has 2 aliphatic rings. The van der Waals surface area contributed by atoms with Gasteiger partial charge in [0.1, 0.15) is 11.8 Å². The van der Waals surface area contributed by atoms with Crippen LogP contribution in [0.1, 0.15) is 30.2 Å². The minimum atomic E-state index is -0.0224. The number of nitriles is 1. The maximum absolute atomic E-state index is 12.1. The fraction of sp³-hybridized carbons (Fsp3) is 0.364. The molecule has 0 bridgehead atoms. The number of piperazine rings is 1. The highest BCUT2D eigenvalue weighted by atomic mass is 16.1. The highest BCUT2D eigenvalue weighted by molar-refractivity contribution is 5.74. The summed E-state index contributed by atoms with van der Waals surface area (Å²) in [4.78, 5) is 28.8. The average Bonchev–Trinajstić information content (AvgIpc) is 3.55. The molecule has 7 nitrogen and oxygen atoms in total. The van der Waals surface area contributed by atoms with Crippen molar-refractivity contribution in [3.05, 3.63) is 63.8 Å². The first-order valence-corrected chi connectivity index (χ1v) is 10.0. The fourth-order valence-corrected chi connectivity index (χ4v) is 4.35. The summed E-state index contributed by atoms with van der Waals surface area (Å²) >= 11 is 0. The van der Waals surface area contributed by atoms with Gasteiger partial charge in [0.2, 0.25) is 0 Å². The third-order valence-corrected chi connectivity index (χ3v) is 6.01.